The van der Waals surface area contributed by atoms with Gasteiger partial charge in [-0.3, -0.25) is 0 Å². The predicted molar refractivity (Wildman–Crippen MR) is 89.7 cm³/mol. The molecular weight excluding hydrogens is 366 g/mol. The second-order valence-corrected chi connectivity index (χ2v) is 6.15. The topological polar surface area (TPSA) is 95.9 Å². The molecule has 0 unspecified atom stereocenters. The van der Waals surface area contributed by atoms with Crippen LogP contribution >= 0.6 is 15.9 Å². The molecule has 1 aromatic rings. The number of carboxylic acids is 2. The fraction of sp³-hybridized carbons (Fsp3) is 0.500. The van der Waals surface area contributed by atoms with Crippen LogP contribution in [0, 0.1) is 0 Å². The smallest absolute Gasteiger partial charge is 0.414 e. The highest BCUT2D eigenvalue weighted by atomic mass is 79.9. The van der Waals surface area contributed by atoms with E-state index in [-0.39, 0.29) is 0 Å². The molecule has 1 aromatic carbocycles. The standard InChI is InChI=1S/C14H20BrNO.C2H2O4/c1-17-14-8-7-11(9-13(14)15)10-16-12-5-3-2-4-6-12;3-1(4)2(5)6/h7-9,12,16H,2-6,10H2,1H3;(H,3,4)(H,5,6). The van der Waals surface area contributed by atoms with Crippen molar-refractivity contribution >= 4 is 27.9 Å². The van der Waals surface area contributed by atoms with E-state index in [0.717, 1.165) is 16.8 Å². The lowest BCUT2D eigenvalue weighted by Gasteiger charge is -2.23. The summed E-state index contributed by atoms with van der Waals surface area (Å²) >= 11 is 3.52. The number of carbonyl (C=O) groups is 2. The van der Waals surface area contributed by atoms with Crippen LogP contribution in [0.15, 0.2) is 22.7 Å². The number of halogens is 1. The Kier molecular flexibility index (Phi) is 8.65. The molecule has 6 nitrogen and oxygen atoms in total. The molecule has 2 rings (SSSR count). The maximum Gasteiger partial charge on any atom is 0.414 e. The second kappa shape index (κ2) is 10.2. The largest absolute Gasteiger partial charge is 0.496 e. The van der Waals surface area contributed by atoms with Crippen molar-refractivity contribution in [2.75, 3.05) is 7.11 Å². The first-order chi connectivity index (χ1) is 10.9. The monoisotopic (exact) mass is 387 g/mol. The zero-order valence-corrected chi connectivity index (χ0v) is 14.6. The lowest BCUT2D eigenvalue weighted by Crippen LogP contribution is -2.30. The van der Waals surface area contributed by atoms with E-state index >= 15 is 0 Å². The highest BCUT2D eigenvalue weighted by molar-refractivity contribution is 9.10. The molecule has 0 aliphatic heterocycles. The molecule has 1 saturated carbocycles. The van der Waals surface area contributed by atoms with E-state index in [4.69, 9.17) is 24.5 Å². The van der Waals surface area contributed by atoms with Crippen molar-refractivity contribution in [3.05, 3.63) is 28.2 Å². The van der Waals surface area contributed by atoms with Crippen LogP contribution in [-0.2, 0) is 16.1 Å². The quantitative estimate of drug-likeness (QED) is 0.687. The van der Waals surface area contributed by atoms with Gasteiger partial charge in [-0.15, -0.1) is 0 Å². The second-order valence-electron chi connectivity index (χ2n) is 5.30. The Balaban J connectivity index is 0.000000379. The summed E-state index contributed by atoms with van der Waals surface area (Å²) in [6.45, 7) is 0.952. The third-order valence-corrected chi connectivity index (χ3v) is 4.22. The lowest BCUT2D eigenvalue weighted by molar-refractivity contribution is -0.159. The third kappa shape index (κ3) is 7.47. The number of rotatable bonds is 4. The summed E-state index contributed by atoms with van der Waals surface area (Å²) in [5.74, 6) is -2.75. The summed E-state index contributed by atoms with van der Waals surface area (Å²) in [7, 11) is 1.69. The van der Waals surface area contributed by atoms with Gasteiger partial charge in [0.15, 0.2) is 0 Å². The molecule has 1 aliphatic rings. The Hall–Kier alpha value is -1.60. The van der Waals surface area contributed by atoms with Crippen molar-refractivity contribution in [1.29, 1.82) is 0 Å². The molecule has 3 N–H and O–H groups in total. The molecule has 0 saturated heterocycles. The highest BCUT2D eigenvalue weighted by Crippen LogP contribution is 2.25. The van der Waals surface area contributed by atoms with Gasteiger partial charge in [-0.05, 0) is 46.5 Å². The van der Waals surface area contributed by atoms with Crippen molar-refractivity contribution < 1.29 is 24.5 Å². The Morgan fingerprint density at radius 3 is 2.30 bits per heavy atom. The number of aliphatic carboxylic acids is 2. The first-order valence-electron chi connectivity index (χ1n) is 7.46. The van der Waals surface area contributed by atoms with E-state index < -0.39 is 11.9 Å². The Morgan fingerprint density at radius 1 is 1.22 bits per heavy atom. The minimum Gasteiger partial charge on any atom is -0.496 e. The molecule has 0 heterocycles. The maximum atomic E-state index is 9.10. The van der Waals surface area contributed by atoms with Gasteiger partial charge in [-0.25, -0.2) is 9.59 Å². The highest BCUT2D eigenvalue weighted by Gasteiger charge is 2.12. The molecule has 1 aliphatic carbocycles. The average Bonchev–Trinajstić information content (AvgIpc) is 2.54. The van der Waals surface area contributed by atoms with Gasteiger partial charge in [0.1, 0.15) is 5.75 Å². The molecule has 23 heavy (non-hydrogen) atoms. The van der Waals surface area contributed by atoms with Crippen LogP contribution in [0.25, 0.3) is 0 Å². The number of hydrogen-bond acceptors (Lipinski definition) is 4. The van der Waals surface area contributed by atoms with Gasteiger partial charge in [-0.2, -0.15) is 0 Å². The summed E-state index contributed by atoms with van der Waals surface area (Å²) in [5, 5.41) is 18.4. The summed E-state index contributed by atoms with van der Waals surface area (Å²) in [5.41, 5.74) is 1.31. The number of carboxylic acid groups (broad SMARTS) is 2. The average molecular weight is 388 g/mol. The zero-order chi connectivity index (χ0) is 17.2. The Morgan fingerprint density at radius 2 is 1.83 bits per heavy atom. The molecule has 0 spiro atoms. The zero-order valence-electron chi connectivity index (χ0n) is 13.0. The van der Waals surface area contributed by atoms with E-state index in [9.17, 15) is 0 Å². The van der Waals surface area contributed by atoms with Gasteiger partial charge >= 0.3 is 11.9 Å². The van der Waals surface area contributed by atoms with Crippen molar-refractivity contribution in [1.82, 2.24) is 5.32 Å². The minimum atomic E-state index is -1.82. The molecular formula is C16H22BrNO5. The van der Waals surface area contributed by atoms with E-state index in [1.165, 1.54) is 37.7 Å². The molecule has 7 heteroatoms. The molecule has 0 amide bonds. The summed E-state index contributed by atoms with van der Waals surface area (Å²) in [6, 6.07) is 6.99. The third-order valence-electron chi connectivity index (χ3n) is 3.60. The number of benzene rings is 1. The van der Waals surface area contributed by atoms with Gasteiger partial charge in [0.25, 0.3) is 0 Å². The number of methoxy groups -OCH3 is 1. The van der Waals surface area contributed by atoms with Crippen LogP contribution < -0.4 is 10.1 Å². The summed E-state index contributed by atoms with van der Waals surface area (Å²) in [6.07, 6.45) is 6.83. The van der Waals surface area contributed by atoms with Crippen molar-refractivity contribution in [2.45, 2.75) is 44.7 Å². The SMILES string of the molecule is COc1ccc(CNC2CCCCC2)cc1Br.O=C(O)C(=O)O. The van der Waals surface area contributed by atoms with Gasteiger partial charge in [0, 0.05) is 12.6 Å². The summed E-state index contributed by atoms with van der Waals surface area (Å²) < 4.78 is 6.26. The van der Waals surface area contributed by atoms with E-state index in [1.54, 1.807) is 7.11 Å². The van der Waals surface area contributed by atoms with E-state index in [0.29, 0.717) is 6.04 Å². The number of hydrogen-bond donors (Lipinski definition) is 3. The number of ether oxygens (including phenoxy) is 1. The predicted octanol–water partition coefficient (Wildman–Crippen LogP) is 3.04. The van der Waals surface area contributed by atoms with Gasteiger partial charge in [0.2, 0.25) is 0 Å². The van der Waals surface area contributed by atoms with Crippen LogP contribution in [0.5, 0.6) is 5.75 Å². The van der Waals surface area contributed by atoms with Crippen LogP contribution in [0.3, 0.4) is 0 Å². The maximum absolute atomic E-state index is 9.10. The Labute approximate surface area is 144 Å². The normalized spacial score (nSPS) is 14.5. The molecule has 0 radical (unpaired) electrons. The molecule has 1 fully saturated rings. The van der Waals surface area contributed by atoms with E-state index in [2.05, 4.69) is 33.4 Å². The van der Waals surface area contributed by atoms with Crippen LogP contribution in [0.1, 0.15) is 37.7 Å². The van der Waals surface area contributed by atoms with Gasteiger partial charge < -0.3 is 20.3 Å². The van der Waals surface area contributed by atoms with Crippen LogP contribution in [0.4, 0.5) is 0 Å². The molecule has 128 valence electrons. The fourth-order valence-corrected chi connectivity index (χ4v) is 2.98. The summed E-state index contributed by atoms with van der Waals surface area (Å²) in [4.78, 5) is 18.2. The lowest BCUT2D eigenvalue weighted by atomic mass is 9.95. The van der Waals surface area contributed by atoms with Crippen LogP contribution in [0.2, 0.25) is 0 Å². The van der Waals surface area contributed by atoms with Crippen molar-refractivity contribution in [2.24, 2.45) is 0 Å². The molecule has 0 aromatic heterocycles. The number of nitrogens with one attached hydrogen (secondary N) is 1. The molecule has 0 atom stereocenters. The van der Waals surface area contributed by atoms with E-state index in [1.807, 2.05) is 6.07 Å². The molecule has 0 bridgehead atoms. The van der Waals surface area contributed by atoms with Crippen molar-refractivity contribution in [3.63, 3.8) is 0 Å². The minimum absolute atomic E-state index is 0.713. The van der Waals surface area contributed by atoms with Crippen molar-refractivity contribution in [3.8, 4) is 5.75 Å². The van der Waals surface area contributed by atoms with Gasteiger partial charge in [0.05, 0.1) is 11.6 Å². The first kappa shape index (κ1) is 19.4. The fourth-order valence-electron chi connectivity index (χ4n) is 2.39. The van der Waals surface area contributed by atoms with Crippen LogP contribution in [-0.4, -0.2) is 35.3 Å². The first-order valence-corrected chi connectivity index (χ1v) is 8.25. The van der Waals surface area contributed by atoms with Gasteiger partial charge in [-0.1, -0.05) is 25.3 Å². The Bertz CT molecular complexity index is 517.